The topological polar surface area (TPSA) is 68.3 Å². The van der Waals surface area contributed by atoms with Crippen molar-refractivity contribution < 1.29 is 14.3 Å². The van der Waals surface area contributed by atoms with Crippen LogP contribution in [0.3, 0.4) is 0 Å². The van der Waals surface area contributed by atoms with Gasteiger partial charge in [0.15, 0.2) is 5.01 Å². The number of benzene rings is 1. The molecule has 0 fully saturated rings. The number of ketones is 1. The molecular formula is C18H22N2O3S. The molecule has 1 amide bonds. The highest BCUT2D eigenvalue weighted by atomic mass is 32.1. The van der Waals surface area contributed by atoms with Crippen molar-refractivity contribution in [1.29, 1.82) is 0 Å². The van der Waals surface area contributed by atoms with Gasteiger partial charge in [0.1, 0.15) is 5.60 Å². The second-order valence-electron chi connectivity index (χ2n) is 6.42. The predicted molar refractivity (Wildman–Crippen MR) is 94.4 cm³/mol. The molecule has 1 heterocycles. The van der Waals surface area contributed by atoms with Crippen molar-refractivity contribution in [2.24, 2.45) is 0 Å². The molecule has 0 bridgehead atoms. The molecule has 1 unspecified atom stereocenters. The number of nitrogens with one attached hydrogen (secondary N) is 1. The number of ether oxygens (including phenoxy) is 1. The normalized spacial score (nSPS) is 12.5. The van der Waals surface area contributed by atoms with Crippen LogP contribution >= 0.6 is 11.3 Å². The van der Waals surface area contributed by atoms with E-state index in [-0.39, 0.29) is 5.78 Å². The molecule has 0 spiro atoms. The second-order valence-corrected chi connectivity index (χ2v) is 7.32. The molecule has 1 aromatic carbocycles. The Morgan fingerprint density at radius 2 is 1.96 bits per heavy atom. The lowest BCUT2D eigenvalue weighted by Gasteiger charge is -2.22. The van der Waals surface area contributed by atoms with Crippen LogP contribution in [0, 0.1) is 0 Å². The van der Waals surface area contributed by atoms with Crippen LogP contribution < -0.4 is 5.32 Å². The number of Topliss-reactive ketones (excluding diaryl/α,β-unsaturated/α-hetero) is 1. The second kappa shape index (κ2) is 8.06. The number of rotatable bonds is 6. The molecule has 6 heteroatoms. The van der Waals surface area contributed by atoms with E-state index in [1.54, 1.807) is 32.3 Å². The Kier molecular flexibility index (Phi) is 6.09. The Balaban J connectivity index is 2.06. The van der Waals surface area contributed by atoms with Crippen molar-refractivity contribution in [3.63, 3.8) is 0 Å². The minimum atomic E-state index is -0.661. The van der Waals surface area contributed by atoms with E-state index in [0.29, 0.717) is 17.8 Å². The molecule has 0 aliphatic rings. The van der Waals surface area contributed by atoms with Crippen LogP contribution in [-0.2, 0) is 11.2 Å². The van der Waals surface area contributed by atoms with E-state index < -0.39 is 17.7 Å². The lowest BCUT2D eigenvalue weighted by Crippen LogP contribution is -2.43. The van der Waals surface area contributed by atoms with Crippen LogP contribution in [0.4, 0.5) is 4.79 Å². The van der Waals surface area contributed by atoms with Gasteiger partial charge in [-0.2, -0.15) is 0 Å². The van der Waals surface area contributed by atoms with Crippen LogP contribution in [0.5, 0.6) is 0 Å². The summed E-state index contributed by atoms with van der Waals surface area (Å²) in [5, 5.41) is 4.83. The average Bonchev–Trinajstić information content (AvgIpc) is 3.04. The van der Waals surface area contributed by atoms with Gasteiger partial charge in [-0.3, -0.25) is 4.79 Å². The first kappa shape index (κ1) is 18.1. The van der Waals surface area contributed by atoms with Crippen molar-refractivity contribution in [1.82, 2.24) is 10.3 Å². The maximum Gasteiger partial charge on any atom is 0.408 e. The van der Waals surface area contributed by atoms with Gasteiger partial charge in [-0.05, 0) is 39.2 Å². The summed E-state index contributed by atoms with van der Waals surface area (Å²) >= 11 is 1.27. The van der Waals surface area contributed by atoms with Crippen molar-refractivity contribution in [3.8, 4) is 0 Å². The van der Waals surface area contributed by atoms with Gasteiger partial charge < -0.3 is 10.1 Å². The molecule has 2 aromatic rings. The fourth-order valence-electron chi connectivity index (χ4n) is 2.17. The van der Waals surface area contributed by atoms with Gasteiger partial charge in [0.25, 0.3) is 0 Å². The van der Waals surface area contributed by atoms with E-state index in [9.17, 15) is 9.59 Å². The minimum absolute atomic E-state index is 0.188. The third-order valence-corrected chi connectivity index (χ3v) is 4.00. The Hall–Kier alpha value is -2.21. The predicted octanol–water partition coefficient (Wildman–Crippen LogP) is 3.85. The molecule has 0 saturated heterocycles. The summed E-state index contributed by atoms with van der Waals surface area (Å²) in [6, 6.07) is 9.19. The fourth-order valence-corrected chi connectivity index (χ4v) is 2.80. The third-order valence-electron chi connectivity index (χ3n) is 3.22. The zero-order valence-electron chi connectivity index (χ0n) is 14.1. The monoisotopic (exact) mass is 346 g/mol. The molecule has 24 heavy (non-hydrogen) atoms. The number of hydrogen-bond acceptors (Lipinski definition) is 5. The number of aryl methyl sites for hydroxylation is 1. The smallest absolute Gasteiger partial charge is 0.408 e. The SMILES string of the molecule is CC(C)(C)OC(=O)NC(CCc1ccccc1)C(=O)c1nccs1. The van der Waals surface area contributed by atoms with Gasteiger partial charge in [-0.15, -0.1) is 11.3 Å². The van der Waals surface area contributed by atoms with E-state index in [1.807, 2.05) is 30.3 Å². The number of hydrogen-bond donors (Lipinski definition) is 1. The van der Waals surface area contributed by atoms with Crippen molar-refractivity contribution >= 4 is 23.2 Å². The number of aromatic nitrogens is 1. The fraction of sp³-hybridized carbons (Fsp3) is 0.389. The highest BCUT2D eigenvalue weighted by molar-refractivity contribution is 7.11. The molecule has 5 nitrogen and oxygen atoms in total. The Morgan fingerprint density at radius 3 is 2.54 bits per heavy atom. The van der Waals surface area contributed by atoms with Crippen molar-refractivity contribution in [2.45, 2.75) is 45.3 Å². The largest absolute Gasteiger partial charge is 0.444 e. The van der Waals surface area contributed by atoms with Gasteiger partial charge in [0.05, 0.1) is 6.04 Å². The van der Waals surface area contributed by atoms with Crippen molar-refractivity contribution in [3.05, 3.63) is 52.5 Å². The highest BCUT2D eigenvalue weighted by Crippen LogP contribution is 2.14. The quantitative estimate of drug-likeness (QED) is 0.807. The van der Waals surface area contributed by atoms with Gasteiger partial charge in [0.2, 0.25) is 5.78 Å². The number of thiazole rings is 1. The molecule has 0 saturated carbocycles. The average molecular weight is 346 g/mol. The lowest BCUT2D eigenvalue weighted by atomic mass is 10.0. The molecule has 1 N–H and O–H groups in total. The summed E-state index contributed by atoms with van der Waals surface area (Å²) in [6.07, 6.45) is 2.16. The Morgan fingerprint density at radius 1 is 1.25 bits per heavy atom. The first-order valence-electron chi connectivity index (χ1n) is 7.82. The van der Waals surface area contributed by atoms with Gasteiger partial charge in [-0.1, -0.05) is 30.3 Å². The third kappa shape index (κ3) is 5.77. The number of nitrogens with zero attached hydrogens (tertiary/aromatic N) is 1. The van der Waals surface area contributed by atoms with E-state index in [1.165, 1.54) is 11.3 Å². The number of carbonyl (C=O) groups excluding carboxylic acids is 2. The van der Waals surface area contributed by atoms with E-state index in [2.05, 4.69) is 10.3 Å². The molecule has 0 radical (unpaired) electrons. The van der Waals surface area contributed by atoms with Crippen LogP contribution in [0.25, 0.3) is 0 Å². The minimum Gasteiger partial charge on any atom is -0.444 e. The van der Waals surface area contributed by atoms with Crippen LogP contribution in [0.2, 0.25) is 0 Å². The van der Waals surface area contributed by atoms with Gasteiger partial charge in [0, 0.05) is 11.6 Å². The summed E-state index contributed by atoms with van der Waals surface area (Å²) in [7, 11) is 0. The highest BCUT2D eigenvalue weighted by Gasteiger charge is 2.26. The summed E-state index contributed by atoms with van der Waals surface area (Å²) < 4.78 is 5.27. The van der Waals surface area contributed by atoms with E-state index >= 15 is 0 Å². The Labute approximate surface area is 146 Å². The number of carbonyl (C=O) groups is 2. The zero-order valence-corrected chi connectivity index (χ0v) is 14.9. The van der Waals surface area contributed by atoms with Crippen LogP contribution in [-0.4, -0.2) is 28.5 Å². The number of amides is 1. The summed E-state index contributed by atoms with van der Waals surface area (Å²) in [6.45, 7) is 5.36. The molecule has 1 aromatic heterocycles. The lowest BCUT2D eigenvalue weighted by molar-refractivity contribution is 0.0489. The first-order chi connectivity index (χ1) is 11.3. The van der Waals surface area contributed by atoms with E-state index in [4.69, 9.17) is 4.74 Å². The van der Waals surface area contributed by atoms with Crippen LogP contribution in [0.1, 0.15) is 42.6 Å². The molecular weight excluding hydrogens is 324 g/mol. The molecule has 0 aliphatic heterocycles. The van der Waals surface area contributed by atoms with Gasteiger partial charge in [-0.25, -0.2) is 9.78 Å². The maximum absolute atomic E-state index is 12.6. The maximum atomic E-state index is 12.6. The molecule has 0 aliphatic carbocycles. The first-order valence-corrected chi connectivity index (χ1v) is 8.70. The molecule has 1 atom stereocenters. The summed E-state index contributed by atoms with van der Waals surface area (Å²) in [5.74, 6) is -0.188. The summed E-state index contributed by atoms with van der Waals surface area (Å²) in [4.78, 5) is 28.7. The molecule has 128 valence electrons. The van der Waals surface area contributed by atoms with Crippen LogP contribution in [0.15, 0.2) is 41.9 Å². The van der Waals surface area contributed by atoms with E-state index in [0.717, 1.165) is 5.56 Å². The Bertz CT molecular complexity index is 663. The number of alkyl carbamates (subject to hydrolysis) is 1. The molecule has 2 rings (SSSR count). The van der Waals surface area contributed by atoms with Gasteiger partial charge >= 0.3 is 6.09 Å². The summed E-state index contributed by atoms with van der Waals surface area (Å²) in [5.41, 5.74) is 0.499. The zero-order chi connectivity index (χ0) is 17.6. The standard InChI is InChI=1S/C18H22N2O3S/c1-18(2,3)23-17(22)20-14(15(21)16-19-11-12-24-16)10-9-13-7-5-4-6-8-13/h4-8,11-12,14H,9-10H2,1-3H3,(H,20,22). The van der Waals surface area contributed by atoms with Crippen molar-refractivity contribution in [2.75, 3.05) is 0 Å².